The zero-order valence-corrected chi connectivity index (χ0v) is 49.7. The molecule has 0 aromatic heterocycles. The van der Waals surface area contributed by atoms with Crippen LogP contribution in [0.5, 0.6) is 0 Å². The molecular weight excluding hydrogens is 949 g/mol. The maximum atomic E-state index is 12.8. The highest BCUT2D eigenvalue weighted by atomic mass is 16.6. The molecule has 0 spiro atoms. The molecule has 0 radical (unpaired) electrons. The van der Waals surface area contributed by atoms with Gasteiger partial charge in [-0.3, -0.25) is 14.4 Å². The number of carbonyl (C=O) groups is 3. The predicted octanol–water partition coefficient (Wildman–Crippen LogP) is 21.5. The molecule has 0 amide bonds. The zero-order valence-electron chi connectivity index (χ0n) is 49.7. The first-order valence-electron chi connectivity index (χ1n) is 31.3. The Hall–Kier alpha value is -4.71. The molecule has 0 heterocycles. The van der Waals surface area contributed by atoms with Crippen molar-refractivity contribution in [2.24, 2.45) is 0 Å². The summed E-state index contributed by atoms with van der Waals surface area (Å²) in [5.41, 5.74) is 0. The fourth-order valence-electron chi connectivity index (χ4n) is 8.21. The number of unbranched alkanes of at least 4 members (excludes halogenated alkanes) is 20. The summed E-state index contributed by atoms with van der Waals surface area (Å²) in [4.78, 5) is 38.1. The average Bonchev–Trinajstić information content (AvgIpc) is 3.43. The van der Waals surface area contributed by atoms with Gasteiger partial charge in [0.1, 0.15) is 13.2 Å². The quantitative estimate of drug-likeness (QED) is 0.0261. The van der Waals surface area contributed by atoms with Crippen molar-refractivity contribution in [2.45, 2.75) is 271 Å². The first-order chi connectivity index (χ1) is 38.0. The highest BCUT2D eigenvalue weighted by Gasteiger charge is 2.19. The lowest BCUT2D eigenvalue weighted by Gasteiger charge is -2.18. The molecular formula is C71H114O6. The van der Waals surface area contributed by atoms with E-state index in [-0.39, 0.29) is 31.1 Å². The van der Waals surface area contributed by atoms with Gasteiger partial charge in [0.05, 0.1) is 0 Å². The Morgan fingerprint density at radius 3 is 0.792 bits per heavy atom. The highest BCUT2D eigenvalue weighted by Crippen LogP contribution is 2.14. The molecule has 6 heteroatoms. The molecule has 0 aliphatic heterocycles. The lowest BCUT2D eigenvalue weighted by Crippen LogP contribution is -2.30. The summed E-state index contributed by atoms with van der Waals surface area (Å²) in [6, 6.07) is 0. The summed E-state index contributed by atoms with van der Waals surface area (Å²) in [5, 5.41) is 0. The number of ether oxygens (including phenoxy) is 3. The van der Waals surface area contributed by atoms with E-state index in [4.69, 9.17) is 14.2 Å². The number of hydrogen-bond acceptors (Lipinski definition) is 6. The first-order valence-corrected chi connectivity index (χ1v) is 31.3. The number of rotatable bonds is 55. The Morgan fingerprint density at radius 1 is 0.273 bits per heavy atom. The lowest BCUT2D eigenvalue weighted by atomic mass is 10.1. The standard InChI is InChI=1S/C71H114O6/c1-4-7-10-13-16-18-20-22-24-26-28-30-31-32-33-34-35-36-37-38-39-41-42-44-46-48-50-52-55-58-61-64-70(73)76-67-68(66-75-69(72)63-60-57-54-15-12-9-6-3)77-71(74)65-62-59-56-53-51-49-47-45-43-40-29-27-25-23-21-19-17-14-11-8-5-2/h7-8,10-11,16-19,22-25,28-30,32-33,35-36,38-40,42,44,68H,4-6,9,12-15,20-21,26-27,31,34,37,41,43,45-67H2,1-3H3/b10-7-,11-8-,18-16-,19-17-,24-22-,25-23-,30-28-,33-32-,36-35-,39-38-,40-29-,44-42-. The van der Waals surface area contributed by atoms with Crippen molar-refractivity contribution >= 4 is 17.9 Å². The molecule has 0 rings (SSSR count). The Morgan fingerprint density at radius 2 is 0.506 bits per heavy atom. The summed E-state index contributed by atoms with van der Waals surface area (Å²) in [5.74, 6) is -0.922. The minimum absolute atomic E-state index is 0.0897. The van der Waals surface area contributed by atoms with Crippen LogP contribution in [0.15, 0.2) is 146 Å². The van der Waals surface area contributed by atoms with E-state index in [2.05, 4.69) is 167 Å². The second kappa shape index (κ2) is 63.8. The van der Waals surface area contributed by atoms with Crippen LogP contribution in [-0.4, -0.2) is 37.2 Å². The molecule has 0 aliphatic carbocycles. The van der Waals surface area contributed by atoms with Crippen molar-refractivity contribution in [1.82, 2.24) is 0 Å². The third kappa shape index (κ3) is 62.0. The van der Waals surface area contributed by atoms with Crippen LogP contribution >= 0.6 is 0 Å². The molecule has 77 heavy (non-hydrogen) atoms. The van der Waals surface area contributed by atoms with Gasteiger partial charge in [0, 0.05) is 19.3 Å². The minimum Gasteiger partial charge on any atom is -0.462 e. The fourth-order valence-corrected chi connectivity index (χ4v) is 8.21. The molecule has 0 aliphatic rings. The molecule has 0 aromatic rings. The maximum Gasteiger partial charge on any atom is 0.306 e. The van der Waals surface area contributed by atoms with Gasteiger partial charge >= 0.3 is 17.9 Å². The Kier molecular flexibility index (Phi) is 59.9. The van der Waals surface area contributed by atoms with Gasteiger partial charge in [-0.05, 0) is 122 Å². The first kappa shape index (κ1) is 72.3. The molecule has 6 nitrogen and oxygen atoms in total. The smallest absolute Gasteiger partial charge is 0.306 e. The third-order valence-corrected chi connectivity index (χ3v) is 12.8. The van der Waals surface area contributed by atoms with E-state index >= 15 is 0 Å². The Balaban J connectivity index is 4.22. The molecule has 434 valence electrons. The fraction of sp³-hybridized carbons (Fsp3) is 0.620. The van der Waals surface area contributed by atoms with Gasteiger partial charge in [-0.1, -0.05) is 269 Å². The van der Waals surface area contributed by atoms with Gasteiger partial charge < -0.3 is 14.2 Å². The lowest BCUT2D eigenvalue weighted by molar-refractivity contribution is -0.167. The largest absolute Gasteiger partial charge is 0.462 e. The number of carbonyl (C=O) groups excluding carboxylic acids is 3. The second-order valence-electron chi connectivity index (χ2n) is 20.2. The van der Waals surface area contributed by atoms with E-state index < -0.39 is 6.10 Å². The molecule has 0 N–H and O–H groups in total. The monoisotopic (exact) mass is 1060 g/mol. The molecule has 0 saturated heterocycles. The maximum absolute atomic E-state index is 12.8. The Bertz CT molecular complexity index is 1700. The van der Waals surface area contributed by atoms with Gasteiger partial charge in [-0.2, -0.15) is 0 Å². The van der Waals surface area contributed by atoms with Crippen LogP contribution < -0.4 is 0 Å². The van der Waals surface area contributed by atoms with Gasteiger partial charge in [0.15, 0.2) is 6.10 Å². The molecule has 0 saturated carbocycles. The van der Waals surface area contributed by atoms with Gasteiger partial charge in [0.2, 0.25) is 0 Å². The normalized spacial score (nSPS) is 13.1. The summed E-state index contributed by atoms with van der Waals surface area (Å²) >= 11 is 0. The average molecular weight is 1060 g/mol. The van der Waals surface area contributed by atoms with Crippen LogP contribution in [0.4, 0.5) is 0 Å². The van der Waals surface area contributed by atoms with Crippen LogP contribution in [0.25, 0.3) is 0 Å². The van der Waals surface area contributed by atoms with Crippen molar-refractivity contribution in [3.63, 3.8) is 0 Å². The topological polar surface area (TPSA) is 78.9 Å². The van der Waals surface area contributed by atoms with E-state index in [9.17, 15) is 14.4 Å². The molecule has 0 bridgehead atoms. The van der Waals surface area contributed by atoms with Crippen molar-refractivity contribution in [1.29, 1.82) is 0 Å². The van der Waals surface area contributed by atoms with Gasteiger partial charge in [-0.25, -0.2) is 0 Å². The molecule has 0 aromatic carbocycles. The summed E-state index contributed by atoms with van der Waals surface area (Å²) in [7, 11) is 0. The Labute approximate surface area is 474 Å². The summed E-state index contributed by atoms with van der Waals surface area (Å²) in [6.07, 6.45) is 91.5. The van der Waals surface area contributed by atoms with Crippen molar-refractivity contribution in [3.8, 4) is 0 Å². The number of allylic oxidation sites excluding steroid dienone is 24. The van der Waals surface area contributed by atoms with Gasteiger partial charge in [-0.15, -0.1) is 0 Å². The van der Waals surface area contributed by atoms with Crippen LogP contribution in [0, 0.1) is 0 Å². The van der Waals surface area contributed by atoms with E-state index in [1.54, 1.807) is 0 Å². The highest BCUT2D eigenvalue weighted by molar-refractivity contribution is 5.71. The molecule has 0 fully saturated rings. The van der Waals surface area contributed by atoms with Crippen LogP contribution in [0.1, 0.15) is 265 Å². The summed E-state index contributed by atoms with van der Waals surface area (Å²) in [6.45, 7) is 6.35. The van der Waals surface area contributed by atoms with E-state index in [1.807, 2.05) is 0 Å². The van der Waals surface area contributed by atoms with Crippen molar-refractivity contribution in [3.05, 3.63) is 146 Å². The minimum atomic E-state index is -0.792. The van der Waals surface area contributed by atoms with E-state index in [0.29, 0.717) is 19.3 Å². The predicted molar refractivity (Wildman–Crippen MR) is 334 cm³/mol. The molecule has 1 unspecified atom stereocenters. The third-order valence-electron chi connectivity index (χ3n) is 12.8. The van der Waals surface area contributed by atoms with Gasteiger partial charge in [0.25, 0.3) is 0 Å². The number of hydrogen-bond donors (Lipinski definition) is 0. The van der Waals surface area contributed by atoms with Crippen molar-refractivity contribution in [2.75, 3.05) is 13.2 Å². The second-order valence-corrected chi connectivity index (χ2v) is 20.2. The van der Waals surface area contributed by atoms with Crippen LogP contribution in [-0.2, 0) is 28.6 Å². The van der Waals surface area contributed by atoms with Crippen LogP contribution in [0.2, 0.25) is 0 Å². The zero-order chi connectivity index (χ0) is 55.7. The number of esters is 3. The van der Waals surface area contributed by atoms with E-state index in [1.165, 1.54) is 70.6 Å². The molecule has 1 atom stereocenters. The van der Waals surface area contributed by atoms with E-state index in [0.717, 1.165) is 154 Å². The summed E-state index contributed by atoms with van der Waals surface area (Å²) < 4.78 is 16.8. The SMILES string of the molecule is CC/C=C\C/C=C\C/C=C\C/C=C\C/C=C\C/C=C\C/C=C\C/C=C\CCCCCCCCC(=O)OCC(COC(=O)CCCCCCCCC)OC(=O)CCCCCCCCCC/C=C\C/C=C\C/C=C\C/C=C\CC. The van der Waals surface area contributed by atoms with Crippen molar-refractivity contribution < 1.29 is 28.6 Å². The van der Waals surface area contributed by atoms with Crippen LogP contribution in [0.3, 0.4) is 0 Å².